The van der Waals surface area contributed by atoms with Crippen LogP contribution in [0, 0.1) is 23.1 Å². The molecule has 0 saturated carbocycles. The Balaban J connectivity index is 3.27. The molecule has 0 spiro atoms. The maximum absolute atomic E-state index is 12.9. The molecule has 1 heterocycles. The molecule has 1 rings (SSSR count). The van der Waals surface area contributed by atoms with Gasteiger partial charge in [0.05, 0.1) is 29.3 Å². The van der Waals surface area contributed by atoms with Crippen LogP contribution in [0.25, 0.3) is 0 Å². The Morgan fingerprint density at radius 1 is 1.64 bits per heavy atom. The van der Waals surface area contributed by atoms with Crippen molar-refractivity contribution < 1.29 is 13.6 Å². The highest BCUT2D eigenvalue weighted by Crippen LogP contribution is 2.22. The van der Waals surface area contributed by atoms with Crippen LogP contribution in [0.4, 0.5) is 8.78 Å². The molecule has 14 heavy (non-hydrogen) atoms. The number of carbonyl (C=O) groups is 1. The lowest BCUT2D eigenvalue weighted by Gasteiger charge is -2.01. The molecule has 0 aliphatic rings. The van der Waals surface area contributed by atoms with Gasteiger partial charge in [0.15, 0.2) is 11.6 Å². The molecular formula is C8H3ClF2N2O. The van der Waals surface area contributed by atoms with Gasteiger partial charge in [-0.15, -0.1) is 0 Å². The fourth-order valence-electron chi connectivity index (χ4n) is 0.842. The van der Waals surface area contributed by atoms with Crippen LogP contribution >= 0.6 is 11.6 Å². The van der Waals surface area contributed by atoms with E-state index in [0.717, 1.165) is 0 Å². The molecule has 0 atom stereocenters. The summed E-state index contributed by atoms with van der Waals surface area (Å²) in [5.74, 6) is -3.05. The monoisotopic (exact) mass is 216 g/mol. The summed E-state index contributed by atoms with van der Waals surface area (Å²) < 4.78 is 25.7. The van der Waals surface area contributed by atoms with Crippen molar-refractivity contribution in [2.45, 2.75) is 6.42 Å². The zero-order valence-electron chi connectivity index (χ0n) is 6.72. The molecule has 0 unspecified atom stereocenters. The Morgan fingerprint density at radius 3 is 2.86 bits per heavy atom. The van der Waals surface area contributed by atoms with E-state index >= 15 is 0 Å². The van der Waals surface area contributed by atoms with Crippen molar-refractivity contribution >= 4 is 17.4 Å². The summed E-state index contributed by atoms with van der Waals surface area (Å²) in [5, 5.41) is 7.56. The number of rotatable bonds is 2. The van der Waals surface area contributed by atoms with Gasteiger partial charge in [0, 0.05) is 0 Å². The summed E-state index contributed by atoms with van der Waals surface area (Å²) >= 11 is 5.34. The fraction of sp³-hybridized carbons (Fsp3) is 0.125. The van der Waals surface area contributed by atoms with Crippen LogP contribution in [-0.2, 0) is 0 Å². The van der Waals surface area contributed by atoms with Crippen molar-refractivity contribution in [1.82, 2.24) is 4.98 Å². The molecule has 0 fully saturated rings. The molecule has 3 nitrogen and oxygen atoms in total. The number of nitrogens with zero attached hydrogens (tertiary/aromatic N) is 2. The van der Waals surface area contributed by atoms with Crippen LogP contribution in [0.5, 0.6) is 0 Å². The third kappa shape index (κ3) is 1.86. The quantitative estimate of drug-likeness (QED) is 0.562. The van der Waals surface area contributed by atoms with Gasteiger partial charge in [-0.05, 0) is 0 Å². The number of pyridine rings is 1. The number of hydrogen-bond acceptors (Lipinski definition) is 3. The minimum absolute atomic E-state index is 0.568. The summed E-state index contributed by atoms with van der Waals surface area (Å²) in [6.45, 7) is 0. The molecule has 0 bridgehead atoms. The SMILES string of the molecule is N#CCC(=O)c1c(F)ncc(F)c1Cl. The van der Waals surface area contributed by atoms with Crippen molar-refractivity contribution in [1.29, 1.82) is 5.26 Å². The molecule has 0 amide bonds. The number of nitriles is 1. The van der Waals surface area contributed by atoms with E-state index in [1.165, 1.54) is 6.07 Å². The first kappa shape index (κ1) is 10.5. The average molecular weight is 217 g/mol. The zero-order chi connectivity index (χ0) is 10.7. The van der Waals surface area contributed by atoms with Gasteiger partial charge in [0.25, 0.3) is 0 Å². The van der Waals surface area contributed by atoms with Gasteiger partial charge in [-0.25, -0.2) is 9.37 Å². The number of halogens is 3. The van der Waals surface area contributed by atoms with Crippen molar-refractivity contribution in [3.63, 3.8) is 0 Å². The number of carbonyl (C=O) groups excluding carboxylic acids is 1. The molecule has 0 aliphatic heterocycles. The molecule has 0 aliphatic carbocycles. The van der Waals surface area contributed by atoms with Crippen LogP contribution in [0.2, 0.25) is 5.02 Å². The van der Waals surface area contributed by atoms with E-state index in [1.807, 2.05) is 0 Å². The molecule has 0 saturated heterocycles. The Bertz CT molecular complexity index is 428. The van der Waals surface area contributed by atoms with Crippen LogP contribution in [-0.4, -0.2) is 10.8 Å². The third-order valence-corrected chi connectivity index (χ3v) is 1.81. The standard InChI is InChI=1S/C8H3ClF2N2O/c9-7-4(10)3-13-8(11)6(7)5(14)1-2-12/h3H,1H2. The lowest BCUT2D eigenvalue weighted by atomic mass is 10.1. The summed E-state index contributed by atoms with van der Waals surface area (Å²) in [4.78, 5) is 14.1. The minimum atomic E-state index is -1.17. The Kier molecular flexibility index (Phi) is 3.10. The zero-order valence-corrected chi connectivity index (χ0v) is 7.48. The summed E-state index contributed by atoms with van der Waals surface area (Å²) in [5.41, 5.74) is -0.673. The Morgan fingerprint density at radius 2 is 2.29 bits per heavy atom. The number of ketones is 1. The average Bonchev–Trinajstić information content (AvgIpc) is 2.13. The van der Waals surface area contributed by atoms with Crippen LogP contribution < -0.4 is 0 Å². The number of Topliss-reactive ketones (excluding diaryl/α,β-unsaturated/α-hetero) is 1. The molecule has 72 valence electrons. The Hall–Kier alpha value is -1.54. The molecular weight excluding hydrogens is 214 g/mol. The number of hydrogen-bond donors (Lipinski definition) is 0. The van der Waals surface area contributed by atoms with Crippen molar-refractivity contribution in [2.75, 3.05) is 0 Å². The topological polar surface area (TPSA) is 53.8 Å². The van der Waals surface area contributed by atoms with Crippen molar-refractivity contribution in [2.24, 2.45) is 0 Å². The van der Waals surface area contributed by atoms with Crippen LogP contribution in [0.3, 0.4) is 0 Å². The predicted molar refractivity (Wildman–Crippen MR) is 43.7 cm³/mol. The van der Waals surface area contributed by atoms with Crippen LogP contribution in [0.15, 0.2) is 6.20 Å². The minimum Gasteiger partial charge on any atom is -0.293 e. The first-order valence-corrected chi connectivity index (χ1v) is 3.85. The van der Waals surface area contributed by atoms with Gasteiger partial charge < -0.3 is 0 Å². The second kappa shape index (κ2) is 4.11. The summed E-state index contributed by atoms with van der Waals surface area (Å²) in [6.07, 6.45) is 0.00257. The number of aromatic nitrogens is 1. The van der Waals surface area contributed by atoms with Gasteiger partial charge >= 0.3 is 0 Å². The summed E-state index contributed by atoms with van der Waals surface area (Å²) in [7, 11) is 0. The van der Waals surface area contributed by atoms with Gasteiger partial charge in [-0.2, -0.15) is 9.65 Å². The third-order valence-electron chi connectivity index (χ3n) is 1.45. The summed E-state index contributed by atoms with van der Waals surface area (Å²) in [6, 6.07) is 1.51. The van der Waals surface area contributed by atoms with Gasteiger partial charge in [0.1, 0.15) is 0 Å². The van der Waals surface area contributed by atoms with Gasteiger partial charge in [-0.3, -0.25) is 4.79 Å². The largest absolute Gasteiger partial charge is 0.293 e. The van der Waals surface area contributed by atoms with E-state index in [0.29, 0.717) is 6.20 Å². The van der Waals surface area contributed by atoms with E-state index in [-0.39, 0.29) is 0 Å². The normalized spacial score (nSPS) is 9.57. The highest BCUT2D eigenvalue weighted by Gasteiger charge is 2.19. The highest BCUT2D eigenvalue weighted by molar-refractivity contribution is 6.34. The molecule has 1 aromatic rings. The van der Waals surface area contributed by atoms with E-state index in [4.69, 9.17) is 16.9 Å². The van der Waals surface area contributed by atoms with E-state index < -0.39 is 34.6 Å². The van der Waals surface area contributed by atoms with Crippen molar-refractivity contribution in [3.8, 4) is 6.07 Å². The maximum Gasteiger partial charge on any atom is 0.225 e. The first-order valence-electron chi connectivity index (χ1n) is 3.47. The lowest BCUT2D eigenvalue weighted by molar-refractivity contribution is 0.0992. The molecule has 1 aromatic heterocycles. The Labute approximate surface area is 82.9 Å². The first-order chi connectivity index (χ1) is 6.57. The molecule has 0 radical (unpaired) electrons. The van der Waals surface area contributed by atoms with E-state index in [2.05, 4.69) is 4.98 Å². The van der Waals surface area contributed by atoms with Gasteiger partial charge in [-0.1, -0.05) is 11.6 Å². The predicted octanol–water partition coefficient (Wildman–Crippen LogP) is 2.11. The second-order valence-electron chi connectivity index (χ2n) is 2.34. The van der Waals surface area contributed by atoms with Gasteiger partial charge in [0.2, 0.25) is 5.95 Å². The smallest absolute Gasteiger partial charge is 0.225 e. The molecule has 0 aromatic carbocycles. The lowest BCUT2D eigenvalue weighted by Crippen LogP contribution is -2.05. The van der Waals surface area contributed by atoms with E-state index in [1.54, 1.807) is 0 Å². The van der Waals surface area contributed by atoms with Crippen molar-refractivity contribution in [3.05, 3.63) is 28.5 Å². The van der Waals surface area contributed by atoms with E-state index in [9.17, 15) is 13.6 Å². The highest BCUT2D eigenvalue weighted by atomic mass is 35.5. The molecule has 0 N–H and O–H groups in total. The van der Waals surface area contributed by atoms with Crippen LogP contribution in [0.1, 0.15) is 16.8 Å². The second-order valence-corrected chi connectivity index (χ2v) is 2.72. The maximum atomic E-state index is 12.9. The fourth-order valence-corrected chi connectivity index (χ4v) is 1.07. The molecule has 6 heteroatoms.